The number of rotatable bonds is 4. The lowest BCUT2D eigenvalue weighted by Gasteiger charge is -2.49. The molecule has 3 fully saturated rings. The van der Waals surface area contributed by atoms with Crippen LogP contribution < -0.4 is 4.90 Å². The number of phenols is 1. The number of fused-ring (bicyclic) bond motifs is 4. The van der Waals surface area contributed by atoms with Gasteiger partial charge < -0.3 is 5.11 Å². The summed E-state index contributed by atoms with van der Waals surface area (Å²) in [6.07, 6.45) is 2.74. The first-order valence-electron chi connectivity index (χ1n) is 14.1. The number of allylic oxidation sites excluding steroid dienone is 2. The third kappa shape index (κ3) is 3.64. The molecule has 41 heavy (non-hydrogen) atoms. The zero-order chi connectivity index (χ0) is 28.5. The van der Waals surface area contributed by atoms with E-state index in [0.717, 1.165) is 16.7 Å². The fourth-order valence-electron chi connectivity index (χ4n) is 7.91. The molecule has 7 nitrogen and oxygen atoms in total. The number of likely N-dealkylation sites (tertiary alicyclic amines) is 1. The minimum atomic E-state index is -1.12. The number of para-hydroxylation sites is 1. The molecule has 7 heteroatoms. The zero-order valence-electron chi connectivity index (χ0n) is 22.6. The Morgan fingerprint density at radius 2 is 1.54 bits per heavy atom. The van der Waals surface area contributed by atoms with Crippen LogP contribution >= 0.6 is 0 Å². The number of phenolic OH excluding ortho intramolecular Hbond substituents is 1. The second kappa shape index (κ2) is 9.26. The van der Waals surface area contributed by atoms with Crippen molar-refractivity contribution in [2.75, 3.05) is 4.90 Å². The van der Waals surface area contributed by atoms with Crippen molar-refractivity contribution in [1.29, 1.82) is 0 Å². The first-order valence-corrected chi connectivity index (χ1v) is 14.1. The van der Waals surface area contributed by atoms with E-state index in [0.29, 0.717) is 18.5 Å². The molecule has 4 amide bonds. The van der Waals surface area contributed by atoms with Crippen molar-refractivity contribution in [2.24, 2.45) is 29.1 Å². The molecule has 2 saturated heterocycles. The highest BCUT2D eigenvalue weighted by Crippen LogP contribution is 2.63. The Labute approximate surface area is 238 Å². The smallest absolute Gasteiger partial charge is 0.241 e. The summed E-state index contributed by atoms with van der Waals surface area (Å²) in [5, 5.41) is 10.4. The van der Waals surface area contributed by atoms with Gasteiger partial charge in [-0.2, -0.15) is 0 Å². The van der Waals surface area contributed by atoms with Gasteiger partial charge >= 0.3 is 0 Å². The average Bonchev–Trinajstić information content (AvgIpc) is 3.33. The Balaban J connectivity index is 1.33. The highest BCUT2D eigenvalue weighted by Gasteiger charge is 2.67. The summed E-state index contributed by atoms with van der Waals surface area (Å²) in [5.74, 6) is -3.57. The van der Waals surface area contributed by atoms with Gasteiger partial charge in [0.25, 0.3) is 0 Å². The van der Waals surface area contributed by atoms with Crippen LogP contribution in [0.5, 0.6) is 5.75 Å². The Bertz CT molecular complexity index is 1620. The molecule has 0 radical (unpaired) electrons. The highest BCUT2D eigenvalue weighted by molar-refractivity contribution is 6.24. The summed E-state index contributed by atoms with van der Waals surface area (Å²) in [6.45, 7) is 2.06. The van der Waals surface area contributed by atoms with E-state index in [1.165, 1.54) is 9.80 Å². The predicted octanol–water partition coefficient (Wildman–Crippen LogP) is 4.82. The van der Waals surface area contributed by atoms with E-state index >= 15 is 0 Å². The molecule has 4 aliphatic rings. The number of hydrogen-bond acceptors (Lipinski definition) is 5. The van der Waals surface area contributed by atoms with Crippen LogP contribution in [0.25, 0.3) is 0 Å². The van der Waals surface area contributed by atoms with Gasteiger partial charge in [0, 0.05) is 5.92 Å². The maximum Gasteiger partial charge on any atom is 0.241 e. The van der Waals surface area contributed by atoms with E-state index in [-0.39, 0.29) is 41.8 Å². The van der Waals surface area contributed by atoms with Crippen molar-refractivity contribution in [3.63, 3.8) is 0 Å². The van der Waals surface area contributed by atoms with Crippen LogP contribution in [0.3, 0.4) is 0 Å². The van der Waals surface area contributed by atoms with Crippen LogP contribution in [0, 0.1) is 29.1 Å². The molecular formula is C34H30N2O5. The molecule has 0 bridgehead atoms. The van der Waals surface area contributed by atoms with Crippen LogP contribution in [0.2, 0.25) is 0 Å². The van der Waals surface area contributed by atoms with Gasteiger partial charge in [0.05, 0.1) is 35.4 Å². The van der Waals surface area contributed by atoms with Gasteiger partial charge in [-0.15, -0.1) is 0 Å². The molecular weight excluding hydrogens is 516 g/mol. The molecule has 0 unspecified atom stereocenters. The Morgan fingerprint density at radius 1 is 0.829 bits per heavy atom. The maximum absolute atomic E-state index is 14.3. The van der Waals surface area contributed by atoms with Crippen LogP contribution in [0.15, 0.2) is 96.6 Å². The van der Waals surface area contributed by atoms with Crippen LogP contribution in [0.4, 0.5) is 5.69 Å². The normalized spacial score (nSPS) is 30.7. The Hall–Kier alpha value is -4.52. The van der Waals surface area contributed by atoms with Crippen molar-refractivity contribution < 1.29 is 24.3 Å². The number of benzene rings is 3. The number of imide groups is 2. The molecule has 3 aromatic rings. The van der Waals surface area contributed by atoms with Crippen molar-refractivity contribution >= 4 is 29.3 Å². The summed E-state index contributed by atoms with van der Waals surface area (Å²) in [6, 6.07) is 25.2. The molecule has 2 heterocycles. The van der Waals surface area contributed by atoms with E-state index in [1.807, 2.05) is 55.5 Å². The van der Waals surface area contributed by atoms with Crippen molar-refractivity contribution in [3.05, 3.63) is 108 Å². The maximum atomic E-state index is 14.3. The van der Waals surface area contributed by atoms with Crippen LogP contribution in [-0.2, 0) is 25.7 Å². The SMILES string of the molecule is C[C@@]12C(=O)N(c3ccccc3)C(=O)[C@@H]1C[C@@H]1C(=CC[C@@H]3C(=O)N(Cc4ccccc4)C(=O)[C@@H]31)[C@@H]2c1cccc(O)c1. The van der Waals surface area contributed by atoms with Crippen LogP contribution in [-0.4, -0.2) is 33.6 Å². The number of hydrogen-bond donors (Lipinski definition) is 1. The third-order valence-electron chi connectivity index (χ3n) is 9.77. The summed E-state index contributed by atoms with van der Waals surface area (Å²) in [4.78, 5) is 58.6. The molecule has 1 N–H and O–H groups in total. The fourth-order valence-corrected chi connectivity index (χ4v) is 7.91. The number of carbonyl (C=O) groups is 4. The molecule has 6 atom stereocenters. The first-order chi connectivity index (χ1) is 19.8. The summed E-state index contributed by atoms with van der Waals surface area (Å²) in [5.41, 5.74) is 1.91. The van der Waals surface area contributed by atoms with E-state index < -0.39 is 29.1 Å². The number of nitrogens with zero attached hydrogens (tertiary/aromatic N) is 2. The number of carbonyl (C=O) groups excluding carboxylic acids is 4. The van der Waals surface area contributed by atoms with Gasteiger partial charge in [0.1, 0.15) is 5.75 Å². The molecule has 3 aromatic carbocycles. The standard InChI is InChI=1S/C34H30N2O5/c1-34-27(31(39)36(33(34)41)22-12-6-3-7-13-22)18-26-24(29(34)21-11-8-14-23(37)17-21)15-16-25-28(26)32(40)35(30(25)38)19-20-9-4-2-5-10-20/h2-15,17,25-29,37H,16,18-19H2,1H3/t25-,26+,27-,28-,29-,34+/m0/s1. The van der Waals surface area contributed by atoms with Crippen molar-refractivity contribution in [1.82, 2.24) is 4.90 Å². The second-order valence-corrected chi connectivity index (χ2v) is 11.8. The van der Waals surface area contributed by atoms with Crippen LogP contribution in [0.1, 0.15) is 36.8 Å². The predicted molar refractivity (Wildman–Crippen MR) is 151 cm³/mol. The van der Waals surface area contributed by atoms with Gasteiger partial charge in [-0.1, -0.05) is 72.3 Å². The summed E-state index contributed by atoms with van der Waals surface area (Å²) < 4.78 is 0. The fraction of sp³-hybridized carbons (Fsp3) is 0.294. The number of amides is 4. The lowest BCUT2D eigenvalue weighted by atomic mass is 9.51. The van der Waals surface area contributed by atoms with Gasteiger partial charge in [0.2, 0.25) is 23.6 Å². The minimum absolute atomic E-state index is 0.0666. The van der Waals surface area contributed by atoms with E-state index in [4.69, 9.17) is 0 Å². The largest absolute Gasteiger partial charge is 0.508 e. The third-order valence-corrected chi connectivity index (χ3v) is 9.77. The molecule has 2 aliphatic heterocycles. The summed E-state index contributed by atoms with van der Waals surface area (Å²) >= 11 is 0. The molecule has 206 valence electrons. The minimum Gasteiger partial charge on any atom is -0.508 e. The van der Waals surface area contributed by atoms with Gasteiger partial charge in [-0.05, 0) is 61.1 Å². The number of anilines is 1. The lowest BCUT2D eigenvalue weighted by Crippen LogP contribution is -2.48. The average molecular weight is 547 g/mol. The van der Waals surface area contributed by atoms with Crippen molar-refractivity contribution in [3.8, 4) is 5.75 Å². The highest BCUT2D eigenvalue weighted by atomic mass is 16.3. The summed E-state index contributed by atoms with van der Waals surface area (Å²) in [7, 11) is 0. The Kier molecular flexibility index (Phi) is 5.75. The van der Waals surface area contributed by atoms with E-state index in [1.54, 1.807) is 42.5 Å². The van der Waals surface area contributed by atoms with E-state index in [2.05, 4.69) is 0 Å². The topological polar surface area (TPSA) is 95.0 Å². The molecule has 7 rings (SSSR count). The quantitative estimate of drug-likeness (QED) is 0.374. The lowest BCUT2D eigenvalue weighted by molar-refractivity contribution is -0.141. The Morgan fingerprint density at radius 3 is 2.24 bits per heavy atom. The molecule has 1 saturated carbocycles. The first kappa shape index (κ1) is 25.4. The molecule has 2 aliphatic carbocycles. The van der Waals surface area contributed by atoms with E-state index in [9.17, 15) is 24.3 Å². The van der Waals surface area contributed by atoms with Gasteiger partial charge in [-0.25, -0.2) is 4.90 Å². The van der Waals surface area contributed by atoms with Gasteiger partial charge in [-0.3, -0.25) is 24.1 Å². The molecule has 0 spiro atoms. The monoisotopic (exact) mass is 546 g/mol. The molecule has 0 aromatic heterocycles. The van der Waals surface area contributed by atoms with Crippen molar-refractivity contribution in [2.45, 2.75) is 32.2 Å². The second-order valence-electron chi connectivity index (χ2n) is 11.8. The number of aromatic hydroxyl groups is 1. The van der Waals surface area contributed by atoms with Gasteiger partial charge in [0.15, 0.2) is 0 Å². The zero-order valence-corrected chi connectivity index (χ0v) is 22.6.